The van der Waals surface area contributed by atoms with Crippen LogP contribution in [0.5, 0.6) is 0 Å². The smallest absolute Gasteiger partial charge is 0.335 e. The lowest BCUT2D eigenvalue weighted by Crippen LogP contribution is -2.65. The zero-order valence-electron chi connectivity index (χ0n) is 22.6. The van der Waals surface area contributed by atoms with E-state index in [9.17, 15) is 5.11 Å². The van der Waals surface area contributed by atoms with Gasteiger partial charge in [-0.1, -0.05) is 55.4 Å². The molecule has 1 aliphatic heterocycles. The Morgan fingerprint density at radius 3 is 2.17 bits per heavy atom. The first-order valence-corrected chi connectivity index (χ1v) is 17.0. The van der Waals surface area contributed by atoms with Gasteiger partial charge in [0.15, 0.2) is 11.5 Å². The third kappa shape index (κ3) is 4.27. The van der Waals surface area contributed by atoms with E-state index in [1.165, 1.54) is 6.33 Å². The highest BCUT2D eigenvalue weighted by Gasteiger charge is 2.61. The van der Waals surface area contributed by atoms with Gasteiger partial charge in [-0.05, 0) is 28.6 Å². The van der Waals surface area contributed by atoms with Gasteiger partial charge >= 0.3 is 17.1 Å². The molecule has 1 saturated carbocycles. The maximum absolute atomic E-state index is 11.7. The predicted octanol–water partition coefficient (Wildman–Crippen LogP) is 4.75. The third-order valence-corrected chi connectivity index (χ3v) is 18.3. The molecule has 35 heavy (non-hydrogen) atoms. The van der Waals surface area contributed by atoms with E-state index in [1.54, 1.807) is 6.33 Å². The van der Waals surface area contributed by atoms with Crippen molar-refractivity contribution in [1.82, 2.24) is 19.5 Å². The number of aliphatic hydroxyl groups is 1. The third-order valence-electron chi connectivity index (χ3n) is 8.07. The average molecular weight is 522 g/mol. The largest absolute Gasteiger partial charge is 0.414 e. The van der Waals surface area contributed by atoms with Gasteiger partial charge in [-0.25, -0.2) is 15.0 Å². The van der Waals surface area contributed by atoms with Crippen LogP contribution < -0.4 is 5.32 Å². The van der Waals surface area contributed by atoms with Gasteiger partial charge in [0.2, 0.25) is 0 Å². The van der Waals surface area contributed by atoms with Gasteiger partial charge in [-0.3, -0.25) is 0 Å². The van der Waals surface area contributed by atoms with Crippen LogP contribution in [0.3, 0.4) is 0 Å². The molecule has 2 N–H and O–H groups in total. The fraction of sp³-hybridized carbons (Fsp3) is 0.792. The fourth-order valence-corrected chi connectivity index (χ4v) is 17.4. The minimum absolute atomic E-state index is 0.0655. The van der Waals surface area contributed by atoms with E-state index in [2.05, 4.69) is 75.7 Å². The Labute approximate surface area is 211 Å². The van der Waals surface area contributed by atoms with Crippen LogP contribution in [0.25, 0.3) is 11.2 Å². The number of anilines is 1. The molecule has 2 aromatic rings. The van der Waals surface area contributed by atoms with E-state index in [0.717, 1.165) is 6.42 Å². The van der Waals surface area contributed by atoms with Crippen LogP contribution in [0.4, 0.5) is 5.82 Å². The molecule has 0 aromatic carbocycles. The molecular weight excluding hydrogens is 478 g/mol. The van der Waals surface area contributed by atoms with Crippen molar-refractivity contribution in [2.45, 2.75) is 102 Å². The molecule has 196 valence electrons. The van der Waals surface area contributed by atoms with Gasteiger partial charge in [-0.15, -0.1) is 0 Å². The number of rotatable bonds is 6. The predicted molar refractivity (Wildman–Crippen MR) is 142 cm³/mol. The highest BCUT2D eigenvalue weighted by Crippen LogP contribution is 2.50. The lowest BCUT2D eigenvalue weighted by Gasteiger charge is -2.51. The number of nitrogens with zero attached hydrogens (tertiary/aromatic N) is 4. The molecule has 1 unspecified atom stereocenters. The molecular formula is C24H43N5O4Si2. The van der Waals surface area contributed by atoms with Crippen molar-refractivity contribution in [3.8, 4) is 0 Å². The maximum Gasteiger partial charge on any atom is 0.335 e. The molecule has 0 radical (unpaired) electrons. The fourth-order valence-electron chi connectivity index (χ4n) is 6.13. The summed E-state index contributed by atoms with van der Waals surface area (Å²) in [4.78, 5) is 13.3. The van der Waals surface area contributed by atoms with Crippen molar-refractivity contribution in [3.63, 3.8) is 0 Å². The van der Waals surface area contributed by atoms with E-state index in [4.69, 9.17) is 13.0 Å². The molecule has 11 heteroatoms. The Morgan fingerprint density at radius 2 is 1.60 bits per heavy atom. The van der Waals surface area contributed by atoms with E-state index < -0.39 is 23.2 Å². The minimum atomic E-state index is -2.78. The summed E-state index contributed by atoms with van der Waals surface area (Å²) in [6, 6.07) is -0.212. The Kier molecular flexibility index (Phi) is 7.49. The Hall–Kier alpha value is -1.38. The molecule has 3 heterocycles. The number of fused-ring (bicyclic) bond motifs is 2. The SMILES string of the molecule is CNc1ncnc2c1ncn2[C@@H]1CC2CO[Si](C(C)C)(C(C)C)O[Si](C(C)C)(C(C)C)O[C@H]2[C@H]1O. The van der Waals surface area contributed by atoms with Crippen LogP contribution in [-0.4, -0.2) is 67.6 Å². The summed E-state index contributed by atoms with van der Waals surface area (Å²) in [5, 5.41) is 14.8. The quantitative estimate of drug-likeness (QED) is 0.525. The van der Waals surface area contributed by atoms with Gasteiger partial charge in [-0.2, -0.15) is 0 Å². The number of imidazole rings is 1. The summed E-state index contributed by atoms with van der Waals surface area (Å²) in [7, 11) is -3.56. The van der Waals surface area contributed by atoms with Crippen LogP contribution in [-0.2, 0) is 13.0 Å². The standard InChI is InChI=1S/C24H43N5O4Si2/c1-14(2)34(15(3)4)31-11-18-10-19(29-13-28-20-23(25-9)26-12-27-24(20)29)21(30)22(18)32-35(33-34,16(5)6)17(7)8/h12-19,21-22,30H,10-11H2,1-9H3,(H,25,26,27)/t18?,19-,21+,22-/m1/s1. The van der Waals surface area contributed by atoms with Crippen molar-refractivity contribution < 1.29 is 18.1 Å². The second-order valence-electron chi connectivity index (χ2n) is 11.4. The molecule has 0 spiro atoms. The number of hydrogen-bond acceptors (Lipinski definition) is 8. The van der Waals surface area contributed by atoms with E-state index in [0.29, 0.717) is 34.7 Å². The molecule has 1 aliphatic carbocycles. The normalized spacial score (nSPS) is 28.6. The maximum atomic E-state index is 11.7. The number of hydrogen-bond donors (Lipinski definition) is 2. The summed E-state index contributed by atoms with van der Waals surface area (Å²) in [5.74, 6) is 0.742. The van der Waals surface area contributed by atoms with Crippen LogP contribution in [0, 0.1) is 5.92 Å². The second-order valence-corrected chi connectivity index (χ2v) is 20.3. The van der Waals surface area contributed by atoms with E-state index >= 15 is 0 Å². The highest BCUT2D eigenvalue weighted by molar-refractivity contribution is 6.83. The van der Waals surface area contributed by atoms with E-state index in [1.807, 2.05) is 11.6 Å². The van der Waals surface area contributed by atoms with Gasteiger partial charge in [0.1, 0.15) is 17.9 Å². The molecule has 0 bridgehead atoms. The van der Waals surface area contributed by atoms with Crippen LogP contribution in [0.15, 0.2) is 12.7 Å². The lowest BCUT2D eigenvalue weighted by molar-refractivity contribution is -0.0241. The zero-order chi connectivity index (χ0) is 25.7. The first-order chi connectivity index (χ1) is 16.5. The first kappa shape index (κ1) is 26.7. The average Bonchev–Trinajstić information content (AvgIpc) is 3.34. The van der Waals surface area contributed by atoms with Crippen LogP contribution in [0.2, 0.25) is 22.2 Å². The minimum Gasteiger partial charge on any atom is -0.414 e. The molecule has 9 nitrogen and oxygen atoms in total. The highest BCUT2D eigenvalue weighted by atomic mass is 28.5. The molecule has 4 rings (SSSR count). The summed E-state index contributed by atoms with van der Waals surface area (Å²) < 4.78 is 23.3. The Morgan fingerprint density at radius 1 is 0.971 bits per heavy atom. The summed E-state index contributed by atoms with van der Waals surface area (Å²) in [5.41, 5.74) is 2.45. The molecule has 4 atom stereocenters. The van der Waals surface area contributed by atoms with Gasteiger partial charge < -0.3 is 28.0 Å². The molecule has 2 aliphatic rings. The van der Waals surface area contributed by atoms with Gasteiger partial charge in [0.05, 0.1) is 18.5 Å². The molecule has 2 fully saturated rings. The number of aliphatic hydroxyl groups excluding tert-OH is 1. The summed E-state index contributed by atoms with van der Waals surface area (Å²) in [6.07, 6.45) is 2.96. The van der Waals surface area contributed by atoms with Crippen molar-refractivity contribution in [2.24, 2.45) is 5.92 Å². The second kappa shape index (κ2) is 9.83. The van der Waals surface area contributed by atoms with Crippen LogP contribution in [0.1, 0.15) is 67.9 Å². The Bertz CT molecular complexity index is 1010. The number of nitrogens with one attached hydrogen (secondary N) is 1. The van der Waals surface area contributed by atoms with Crippen molar-refractivity contribution in [1.29, 1.82) is 0 Å². The van der Waals surface area contributed by atoms with Crippen LogP contribution >= 0.6 is 0 Å². The summed E-state index contributed by atoms with van der Waals surface area (Å²) in [6.45, 7) is 18.3. The summed E-state index contributed by atoms with van der Waals surface area (Å²) >= 11 is 0. The molecule has 2 aromatic heterocycles. The lowest BCUT2D eigenvalue weighted by atomic mass is 10.1. The molecule has 1 saturated heterocycles. The molecule has 0 amide bonds. The Balaban J connectivity index is 1.77. The number of aromatic nitrogens is 4. The van der Waals surface area contributed by atoms with Crippen molar-refractivity contribution in [3.05, 3.63) is 12.7 Å². The monoisotopic (exact) mass is 521 g/mol. The van der Waals surface area contributed by atoms with E-state index in [-0.39, 0.29) is 29.1 Å². The van der Waals surface area contributed by atoms with Crippen molar-refractivity contribution >= 4 is 34.1 Å². The first-order valence-electron chi connectivity index (χ1n) is 13.0. The van der Waals surface area contributed by atoms with Gasteiger partial charge in [0, 0.05) is 19.6 Å². The van der Waals surface area contributed by atoms with Crippen molar-refractivity contribution in [2.75, 3.05) is 19.0 Å². The van der Waals surface area contributed by atoms with Gasteiger partial charge in [0.25, 0.3) is 0 Å². The zero-order valence-corrected chi connectivity index (χ0v) is 24.6. The topological polar surface area (TPSA) is 104 Å².